The van der Waals surface area contributed by atoms with Gasteiger partial charge in [-0.1, -0.05) is 21.6 Å². The first kappa shape index (κ1) is 39.8. The van der Waals surface area contributed by atoms with E-state index < -0.39 is 95.7 Å². The summed E-state index contributed by atoms with van der Waals surface area (Å²) in [7, 11) is 3.41. The number of nitrogens with one attached hydrogen (secondary N) is 5. The standard InChI is InChI=1S/C25H42N10O9S2/c1-12(36)32-14-11-45-46-25(2,3)19(20(26)41)34-22(43)13(8-18(39)40)33-16(37)9-30-23(44)15(6-5-7-29-24(27)28)35(4)17(38)10-31-21(14)42/h13-15,19H,5-11H2,1-4H3,(H2,26,41)(H,30,44)(H,31,42)(H,32,36)(H,33,37)(H,34,43)(H,39,40)(H4,27,28,29)/t13-,14-,15-,19+/m1/s1. The highest BCUT2D eigenvalue weighted by Gasteiger charge is 2.39. The average molecular weight is 691 g/mol. The molecule has 0 aromatic carbocycles. The maximum Gasteiger partial charge on any atom is 0.305 e. The molecule has 1 heterocycles. The van der Waals surface area contributed by atoms with E-state index in [-0.39, 0.29) is 31.1 Å². The highest BCUT2D eigenvalue weighted by atomic mass is 33.1. The van der Waals surface area contributed by atoms with Crippen molar-refractivity contribution in [2.75, 3.05) is 32.4 Å². The van der Waals surface area contributed by atoms with Crippen LogP contribution in [0.5, 0.6) is 0 Å². The second-order valence-corrected chi connectivity index (χ2v) is 13.7. The van der Waals surface area contributed by atoms with E-state index in [1.54, 1.807) is 13.8 Å². The van der Waals surface area contributed by atoms with E-state index in [2.05, 4.69) is 31.6 Å². The minimum atomic E-state index is -1.66. The van der Waals surface area contributed by atoms with Gasteiger partial charge in [-0.15, -0.1) is 0 Å². The van der Waals surface area contributed by atoms with Crippen molar-refractivity contribution in [1.29, 1.82) is 0 Å². The SMILES string of the molecule is CC(=O)N[C@@H]1CSSC(C)(C)[C@H](C(N)=O)NC(=O)[C@@H](CC(=O)O)NC(=O)CNC(=O)[C@@H](CCCN=C(N)N)N(C)C(=O)CNC1=O. The number of rotatable bonds is 8. The van der Waals surface area contributed by atoms with Gasteiger partial charge >= 0.3 is 5.97 Å². The van der Waals surface area contributed by atoms with E-state index in [1.807, 2.05) is 0 Å². The molecule has 21 heteroatoms. The summed E-state index contributed by atoms with van der Waals surface area (Å²) in [5.41, 5.74) is 16.2. The third kappa shape index (κ3) is 13.8. The largest absolute Gasteiger partial charge is 0.481 e. The predicted molar refractivity (Wildman–Crippen MR) is 170 cm³/mol. The molecule has 19 nitrogen and oxygen atoms in total. The average Bonchev–Trinajstić information content (AvgIpc) is 2.94. The maximum absolute atomic E-state index is 13.1. The fourth-order valence-electron chi connectivity index (χ4n) is 4.05. The number of aliphatic imine (C=N–C) groups is 1. The van der Waals surface area contributed by atoms with Crippen LogP contribution in [-0.2, 0) is 38.4 Å². The number of aliphatic carboxylic acids is 1. The molecule has 0 spiro atoms. The van der Waals surface area contributed by atoms with Gasteiger partial charge in [-0.3, -0.25) is 43.3 Å². The Hall–Kier alpha value is -4.27. The summed E-state index contributed by atoms with van der Waals surface area (Å²) in [6, 6.07) is -5.32. The zero-order chi connectivity index (χ0) is 35.2. The highest BCUT2D eigenvalue weighted by molar-refractivity contribution is 8.77. The van der Waals surface area contributed by atoms with Crippen LogP contribution in [0.25, 0.3) is 0 Å². The Morgan fingerprint density at radius 2 is 1.65 bits per heavy atom. The van der Waals surface area contributed by atoms with E-state index >= 15 is 0 Å². The molecule has 0 unspecified atom stereocenters. The molecule has 1 rings (SSSR count). The molecule has 0 aromatic rings. The van der Waals surface area contributed by atoms with E-state index in [9.17, 15) is 43.5 Å². The first-order chi connectivity index (χ1) is 21.3. The lowest BCUT2D eigenvalue weighted by molar-refractivity contribution is -0.141. The van der Waals surface area contributed by atoms with Crippen LogP contribution in [0.2, 0.25) is 0 Å². The zero-order valence-electron chi connectivity index (χ0n) is 25.9. The van der Waals surface area contributed by atoms with Crippen molar-refractivity contribution in [2.45, 2.75) is 68.9 Å². The summed E-state index contributed by atoms with van der Waals surface area (Å²) >= 11 is 0. The molecule has 1 fully saturated rings. The Morgan fingerprint density at radius 1 is 1.02 bits per heavy atom. The molecular formula is C25H42N10O9S2. The minimum absolute atomic E-state index is 0.0388. The fourth-order valence-corrected chi connectivity index (χ4v) is 6.88. The lowest BCUT2D eigenvalue weighted by Gasteiger charge is -2.33. The zero-order valence-corrected chi connectivity index (χ0v) is 27.5. The molecule has 4 atom stereocenters. The molecule has 1 saturated heterocycles. The van der Waals surface area contributed by atoms with Crippen LogP contribution < -0.4 is 43.8 Å². The lowest BCUT2D eigenvalue weighted by atomic mass is 10.0. The second-order valence-electron chi connectivity index (χ2n) is 10.7. The molecule has 0 radical (unpaired) electrons. The van der Waals surface area contributed by atoms with Crippen molar-refractivity contribution in [3.8, 4) is 0 Å². The normalized spacial score (nSPS) is 23.9. The van der Waals surface area contributed by atoms with Crippen LogP contribution in [0.4, 0.5) is 0 Å². The van der Waals surface area contributed by atoms with Crippen LogP contribution in [0.3, 0.4) is 0 Å². The lowest BCUT2D eigenvalue weighted by Crippen LogP contribution is -2.60. The van der Waals surface area contributed by atoms with Crippen molar-refractivity contribution in [3.05, 3.63) is 0 Å². The van der Waals surface area contributed by atoms with Crippen LogP contribution in [-0.4, -0.2) is 125 Å². The highest BCUT2D eigenvalue weighted by Crippen LogP contribution is 2.38. The van der Waals surface area contributed by atoms with Crippen LogP contribution in [0.1, 0.15) is 40.0 Å². The Bertz CT molecular complexity index is 1210. The first-order valence-corrected chi connectivity index (χ1v) is 16.2. The first-order valence-electron chi connectivity index (χ1n) is 13.9. The van der Waals surface area contributed by atoms with Gasteiger partial charge in [-0.05, 0) is 26.7 Å². The summed E-state index contributed by atoms with van der Waals surface area (Å²) in [5, 5.41) is 21.2. The number of hydrogen-bond acceptors (Lipinski definition) is 11. The Kier molecular flexibility index (Phi) is 16.1. The number of carboxylic acids is 1. The minimum Gasteiger partial charge on any atom is -0.481 e. The predicted octanol–water partition coefficient (Wildman–Crippen LogP) is -4.29. The molecule has 46 heavy (non-hydrogen) atoms. The number of nitrogens with two attached hydrogens (primary N) is 3. The van der Waals surface area contributed by atoms with E-state index in [1.165, 1.54) is 14.0 Å². The Morgan fingerprint density at radius 3 is 2.22 bits per heavy atom. The summed E-state index contributed by atoms with van der Waals surface area (Å²) in [6.07, 6.45) is -0.585. The van der Waals surface area contributed by atoms with Gasteiger partial charge in [0.05, 0.1) is 19.5 Å². The number of carbonyl (C=O) groups excluding carboxylic acids is 7. The molecule has 0 saturated carbocycles. The molecule has 1 aliphatic heterocycles. The third-order valence-corrected chi connectivity index (χ3v) is 9.73. The van der Waals surface area contributed by atoms with Gasteiger partial charge < -0.3 is 53.8 Å². The number of likely N-dealkylation sites (N-methyl/N-ethyl adjacent to an activating group) is 1. The smallest absolute Gasteiger partial charge is 0.305 e. The summed E-state index contributed by atoms with van der Waals surface area (Å²) in [6.45, 7) is 3.18. The monoisotopic (exact) mass is 690 g/mol. The number of hydrogen-bond donors (Lipinski definition) is 9. The van der Waals surface area contributed by atoms with Gasteiger partial charge in [-0.25, -0.2) is 0 Å². The molecule has 258 valence electrons. The number of carboxylic acid groups (broad SMARTS) is 1. The summed E-state index contributed by atoms with van der Waals surface area (Å²) < 4.78 is -1.15. The van der Waals surface area contributed by atoms with Gasteiger partial charge in [0.25, 0.3) is 0 Å². The van der Waals surface area contributed by atoms with Crippen LogP contribution in [0, 0.1) is 0 Å². The summed E-state index contributed by atoms with van der Waals surface area (Å²) in [4.78, 5) is 106. The second kappa shape index (κ2) is 18.6. The Labute approximate surface area is 273 Å². The fraction of sp³-hybridized carbons (Fsp3) is 0.640. The molecular weight excluding hydrogens is 648 g/mol. The van der Waals surface area contributed by atoms with Gasteiger partial charge in [0, 0.05) is 31.0 Å². The number of guanidine groups is 1. The molecule has 12 N–H and O–H groups in total. The van der Waals surface area contributed by atoms with Crippen molar-refractivity contribution in [2.24, 2.45) is 22.2 Å². The van der Waals surface area contributed by atoms with Gasteiger partial charge in [0.15, 0.2) is 5.96 Å². The van der Waals surface area contributed by atoms with Crippen molar-refractivity contribution >= 4 is 74.9 Å². The molecule has 0 aliphatic carbocycles. The van der Waals surface area contributed by atoms with Crippen molar-refractivity contribution in [3.63, 3.8) is 0 Å². The van der Waals surface area contributed by atoms with Crippen LogP contribution >= 0.6 is 21.6 Å². The van der Waals surface area contributed by atoms with Gasteiger partial charge in [0.2, 0.25) is 41.4 Å². The van der Waals surface area contributed by atoms with Crippen molar-refractivity contribution in [1.82, 2.24) is 31.5 Å². The number of amides is 7. The molecule has 7 amide bonds. The van der Waals surface area contributed by atoms with E-state index in [4.69, 9.17) is 17.2 Å². The quantitative estimate of drug-likeness (QED) is 0.0505. The number of nitrogens with zero attached hydrogens (tertiary/aromatic N) is 2. The summed E-state index contributed by atoms with van der Waals surface area (Å²) in [5.74, 6) is -7.30. The maximum atomic E-state index is 13.1. The Balaban J connectivity index is 3.43. The van der Waals surface area contributed by atoms with Crippen LogP contribution in [0.15, 0.2) is 4.99 Å². The van der Waals surface area contributed by atoms with Crippen molar-refractivity contribution < 1.29 is 43.5 Å². The topological polar surface area (TPSA) is 311 Å². The van der Waals surface area contributed by atoms with E-state index in [0.717, 1.165) is 26.5 Å². The third-order valence-electron chi connectivity index (χ3n) is 6.43. The molecule has 0 aromatic heterocycles. The number of primary amides is 1. The van der Waals surface area contributed by atoms with Gasteiger partial charge in [0.1, 0.15) is 24.2 Å². The molecule has 0 bridgehead atoms. The number of carbonyl (C=O) groups is 8. The van der Waals surface area contributed by atoms with Gasteiger partial charge in [-0.2, -0.15) is 0 Å². The molecule has 1 aliphatic rings. The van der Waals surface area contributed by atoms with E-state index in [0.29, 0.717) is 0 Å².